The molecule has 0 aromatic heterocycles. The molecule has 4 heteroatoms. The van der Waals surface area contributed by atoms with Crippen molar-refractivity contribution in [1.82, 2.24) is 10.2 Å². The lowest BCUT2D eigenvalue weighted by molar-refractivity contribution is -0.0840. The molecule has 142 valence electrons. The summed E-state index contributed by atoms with van der Waals surface area (Å²) in [4.78, 5) is 14.8. The van der Waals surface area contributed by atoms with Crippen molar-refractivity contribution in [2.24, 2.45) is 16.7 Å². The van der Waals surface area contributed by atoms with Gasteiger partial charge in [-0.05, 0) is 55.8 Å². The first kappa shape index (κ1) is 18.8. The van der Waals surface area contributed by atoms with Crippen LogP contribution in [0.15, 0.2) is 12.2 Å². The molecule has 2 saturated heterocycles. The van der Waals surface area contributed by atoms with Crippen molar-refractivity contribution in [3.8, 4) is 0 Å². The molecule has 3 aliphatic rings. The van der Waals surface area contributed by atoms with Crippen molar-refractivity contribution in [2.45, 2.75) is 71.8 Å². The van der Waals surface area contributed by atoms with Gasteiger partial charge in [0.1, 0.15) is 0 Å². The number of piperidine rings is 1. The smallest absolute Gasteiger partial charge is 0.317 e. The molecule has 25 heavy (non-hydrogen) atoms. The third-order valence-corrected chi connectivity index (χ3v) is 6.32. The van der Waals surface area contributed by atoms with Crippen molar-refractivity contribution in [3.63, 3.8) is 0 Å². The maximum Gasteiger partial charge on any atom is 0.317 e. The topological polar surface area (TPSA) is 41.6 Å². The minimum Gasteiger partial charge on any atom is -0.377 e. The molecule has 2 heterocycles. The molecule has 2 amide bonds. The number of hydrogen-bond acceptors (Lipinski definition) is 2. The number of nitrogens with zero attached hydrogens (tertiary/aromatic N) is 1. The Hall–Kier alpha value is -1.03. The van der Waals surface area contributed by atoms with Gasteiger partial charge < -0.3 is 15.0 Å². The highest BCUT2D eigenvalue weighted by atomic mass is 16.5. The van der Waals surface area contributed by atoms with Gasteiger partial charge in [0.15, 0.2) is 0 Å². The largest absolute Gasteiger partial charge is 0.377 e. The molecule has 0 bridgehead atoms. The fraction of sp³-hybridized carbons (Fsp3) is 0.857. The second-order valence-corrected chi connectivity index (χ2v) is 9.49. The zero-order valence-corrected chi connectivity index (χ0v) is 16.4. The fourth-order valence-corrected chi connectivity index (χ4v) is 5.03. The maximum atomic E-state index is 12.8. The molecule has 0 saturated carbocycles. The summed E-state index contributed by atoms with van der Waals surface area (Å²) in [5, 5.41) is 3.24. The van der Waals surface area contributed by atoms with Crippen LogP contribution in [-0.2, 0) is 4.74 Å². The molecule has 3 unspecified atom stereocenters. The van der Waals surface area contributed by atoms with Gasteiger partial charge in [-0.15, -0.1) is 0 Å². The van der Waals surface area contributed by atoms with Crippen molar-refractivity contribution in [3.05, 3.63) is 12.2 Å². The van der Waals surface area contributed by atoms with Gasteiger partial charge in [-0.3, -0.25) is 0 Å². The highest BCUT2D eigenvalue weighted by Gasteiger charge is 2.38. The Labute approximate surface area is 153 Å². The molecule has 2 fully saturated rings. The standard InChI is InChI=1S/C21H36N2O2/c1-20(2,3)18-17(9-7-14-25-18)15-22-19(24)23-13-8-12-21(16-23)10-5-4-6-11-21/h4-5,17-18H,6-16H2,1-3H3,(H,22,24). The minimum atomic E-state index is 0.124. The molecular formula is C21H36N2O2. The predicted octanol–water partition coefficient (Wildman–Crippen LogP) is 4.36. The second kappa shape index (κ2) is 7.69. The Morgan fingerprint density at radius 2 is 2.12 bits per heavy atom. The van der Waals surface area contributed by atoms with E-state index < -0.39 is 0 Å². The van der Waals surface area contributed by atoms with E-state index in [1.165, 1.54) is 19.3 Å². The van der Waals surface area contributed by atoms with Crippen LogP contribution in [0, 0.1) is 16.7 Å². The van der Waals surface area contributed by atoms with E-state index in [1.54, 1.807) is 0 Å². The summed E-state index contributed by atoms with van der Waals surface area (Å²) >= 11 is 0. The van der Waals surface area contributed by atoms with Crippen LogP contribution in [0.2, 0.25) is 0 Å². The number of ether oxygens (including phenoxy) is 1. The SMILES string of the molecule is CC(C)(C)C1OCCCC1CNC(=O)N1CCCC2(CC=CCC2)C1. The zero-order chi connectivity index (χ0) is 17.9. The predicted molar refractivity (Wildman–Crippen MR) is 102 cm³/mol. The van der Waals surface area contributed by atoms with Crippen molar-refractivity contribution < 1.29 is 9.53 Å². The Morgan fingerprint density at radius 1 is 1.28 bits per heavy atom. The van der Waals surface area contributed by atoms with Crippen molar-refractivity contribution >= 4 is 6.03 Å². The summed E-state index contributed by atoms with van der Waals surface area (Å²) in [6.07, 6.45) is 13.0. The first-order valence-electron chi connectivity index (χ1n) is 10.2. The lowest BCUT2D eigenvalue weighted by Gasteiger charge is -2.44. The molecule has 0 radical (unpaired) electrons. The molecular weight excluding hydrogens is 312 g/mol. The third-order valence-electron chi connectivity index (χ3n) is 6.32. The van der Waals surface area contributed by atoms with Gasteiger partial charge in [0.2, 0.25) is 0 Å². The van der Waals surface area contributed by atoms with Gasteiger partial charge in [-0.1, -0.05) is 32.9 Å². The number of carbonyl (C=O) groups excluding carboxylic acids is 1. The molecule has 1 spiro atoms. The summed E-state index contributed by atoms with van der Waals surface area (Å²) in [5.41, 5.74) is 0.464. The number of hydrogen-bond donors (Lipinski definition) is 1. The first-order chi connectivity index (χ1) is 11.9. The molecule has 4 nitrogen and oxygen atoms in total. The monoisotopic (exact) mass is 348 g/mol. The number of amides is 2. The fourth-order valence-electron chi connectivity index (χ4n) is 5.03. The molecule has 3 atom stereocenters. The molecule has 2 aliphatic heterocycles. The van der Waals surface area contributed by atoms with Gasteiger partial charge in [0, 0.05) is 32.2 Å². The summed E-state index contributed by atoms with van der Waals surface area (Å²) in [6, 6.07) is 0.131. The van der Waals surface area contributed by atoms with Crippen LogP contribution in [-0.4, -0.2) is 43.3 Å². The molecule has 0 aromatic carbocycles. The van der Waals surface area contributed by atoms with Gasteiger partial charge in [0.05, 0.1) is 6.10 Å². The van der Waals surface area contributed by atoms with Crippen LogP contribution in [0.25, 0.3) is 0 Å². The van der Waals surface area contributed by atoms with E-state index in [-0.39, 0.29) is 17.6 Å². The molecule has 1 N–H and O–H groups in total. The van der Waals surface area contributed by atoms with Crippen LogP contribution >= 0.6 is 0 Å². The Morgan fingerprint density at radius 3 is 2.84 bits per heavy atom. The zero-order valence-electron chi connectivity index (χ0n) is 16.4. The average molecular weight is 349 g/mol. The van der Waals surface area contributed by atoms with Crippen molar-refractivity contribution in [1.29, 1.82) is 0 Å². The molecule has 3 rings (SSSR count). The van der Waals surface area contributed by atoms with Crippen LogP contribution < -0.4 is 5.32 Å². The Bertz CT molecular complexity index is 497. The number of nitrogens with one attached hydrogen (secondary N) is 1. The summed E-state index contributed by atoms with van der Waals surface area (Å²) in [7, 11) is 0. The van der Waals surface area contributed by atoms with Crippen LogP contribution in [0.5, 0.6) is 0 Å². The maximum absolute atomic E-state index is 12.8. The number of rotatable bonds is 2. The van der Waals surface area contributed by atoms with E-state index in [2.05, 4.69) is 43.1 Å². The number of allylic oxidation sites excluding steroid dienone is 2. The van der Waals surface area contributed by atoms with Gasteiger partial charge in [-0.2, -0.15) is 0 Å². The van der Waals surface area contributed by atoms with E-state index in [4.69, 9.17) is 4.74 Å². The van der Waals surface area contributed by atoms with E-state index in [0.717, 1.165) is 51.9 Å². The highest BCUT2D eigenvalue weighted by molar-refractivity contribution is 5.74. The third kappa shape index (κ3) is 4.58. The normalized spacial score (nSPS) is 33.5. The van der Waals surface area contributed by atoms with E-state index in [1.807, 2.05) is 0 Å². The summed E-state index contributed by atoms with van der Waals surface area (Å²) < 4.78 is 6.05. The highest BCUT2D eigenvalue weighted by Crippen LogP contribution is 2.40. The lowest BCUT2D eigenvalue weighted by Crippen LogP contribution is -2.52. The lowest BCUT2D eigenvalue weighted by atomic mass is 9.71. The van der Waals surface area contributed by atoms with E-state index in [0.29, 0.717) is 11.3 Å². The van der Waals surface area contributed by atoms with Gasteiger partial charge in [-0.25, -0.2) is 4.79 Å². The van der Waals surface area contributed by atoms with Crippen LogP contribution in [0.1, 0.15) is 65.7 Å². The quantitative estimate of drug-likeness (QED) is 0.753. The average Bonchev–Trinajstić information content (AvgIpc) is 2.60. The van der Waals surface area contributed by atoms with Gasteiger partial charge >= 0.3 is 6.03 Å². The van der Waals surface area contributed by atoms with Crippen LogP contribution in [0.4, 0.5) is 4.79 Å². The minimum absolute atomic E-state index is 0.124. The Balaban J connectivity index is 1.54. The second-order valence-electron chi connectivity index (χ2n) is 9.49. The number of carbonyl (C=O) groups is 1. The van der Waals surface area contributed by atoms with E-state index >= 15 is 0 Å². The van der Waals surface area contributed by atoms with Crippen LogP contribution in [0.3, 0.4) is 0 Å². The summed E-state index contributed by atoms with van der Waals surface area (Å²) in [5.74, 6) is 0.425. The Kier molecular flexibility index (Phi) is 5.77. The summed E-state index contributed by atoms with van der Waals surface area (Å²) in [6.45, 7) is 10.1. The van der Waals surface area contributed by atoms with Gasteiger partial charge in [0.25, 0.3) is 0 Å². The number of urea groups is 1. The molecule has 0 aromatic rings. The number of likely N-dealkylation sites (tertiary alicyclic amines) is 1. The van der Waals surface area contributed by atoms with E-state index in [9.17, 15) is 4.79 Å². The van der Waals surface area contributed by atoms with Crippen molar-refractivity contribution in [2.75, 3.05) is 26.2 Å². The molecule has 1 aliphatic carbocycles. The first-order valence-corrected chi connectivity index (χ1v) is 10.2.